The molecule has 8 heteroatoms. The van der Waals surface area contributed by atoms with Gasteiger partial charge < -0.3 is 19.5 Å². The van der Waals surface area contributed by atoms with E-state index < -0.39 is 0 Å². The highest BCUT2D eigenvalue weighted by molar-refractivity contribution is 6.31. The van der Waals surface area contributed by atoms with Crippen molar-refractivity contribution in [3.63, 3.8) is 0 Å². The number of benzene rings is 2. The summed E-state index contributed by atoms with van der Waals surface area (Å²) >= 11 is 6.36. The minimum atomic E-state index is 0.440. The van der Waals surface area contributed by atoms with Crippen LogP contribution in [0.1, 0.15) is 22.8 Å². The van der Waals surface area contributed by atoms with Crippen LogP contribution in [0.25, 0.3) is 0 Å². The number of methoxy groups -OCH3 is 1. The van der Waals surface area contributed by atoms with E-state index >= 15 is 0 Å². The number of aliphatic imine (C=N–C) groups is 1. The molecule has 0 saturated heterocycles. The van der Waals surface area contributed by atoms with Crippen LogP contribution in [-0.4, -0.2) is 46.3 Å². The molecule has 1 heterocycles. The molecule has 0 fully saturated rings. The summed E-state index contributed by atoms with van der Waals surface area (Å²) < 4.78 is 7.18. The lowest BCUT2D eigenvalue weighted by Crippen LogP contribution is -2.39. The maximum atomic E-state index is 6.36. The molecule has 3 aromatic rings. The fraction of sp³-hybridized carbons (Fsp3) is 0.348. The molecule has 3 rings (SSSR count). The van der Waals surface area contributed by atoms with E-state index in [1.54, 1.807) is 7.11 Å². The summed E-state index contributed by atoms with van der Waals surface area (Å²) in [7, 11) is 5.63. The quantitative estimate of drug-likeness (QED) is 0.428. The fourth-order valence-corrected chi connectivity index (χ4v) is 3.31. The summed E-state index contributed by atoms with van der Waals surface area (Å²) in [5, 5.41) is 12.6. The zero-order valence-electron chi connectivity index (χ0n) is 18.5. The minimum Gasteiger partial charge on any atom is -0.497 e. The summed E-state index contributed by atoms with van der Waals surface area (Å²) in [4.78, 5) is 6.87. The first-order chi connectivity index (χ1) is 15.0. The van der Waals surface area contributed by atoms with Gasteiger partial charge in [0.2, 0.25) is 0 Å². The first-order valence-corrected chi connectivity index (χ1v) is 10.6. The Kier molecular flexibility index (Phi) is 7.89. The second-order valence-corrected chi connectivity index (χ2v) is 7.74. The number of guanidine groups is 1. The van der Waals surface area contributed by atoms with E-state index in [4.69, 9.17) is 21.3 Å². The lowest BCUT2D eigenvalue weighted by atomic mass is 10.1. The van der Waals surface area contributed by atoms with Gasteiger partial charge in [-0.1, -0.05) is 41.9 Å². The number of rotatable bonds is 8. The fourth-order valence-electron chi connectivity index (χ4n) is 3.11. The smallest absolute Gasteiger partial charge is 0.194 e. The van der Waals surface area contributed by atoms with Gasteiger partial charge in [-0.2, -0.15) is 0 Å². The Morgan fingerprint density at radius 2 is 1.90 bits per heavy atom. The van der Waals surface area contributed by atoms with Gasteiger partial charge in [0, 0.05) is 32.2 Å². The predicted molar refractivity (Wildman–Crippen MR) is 124 cm³/mol. The summed E-state index contributed by atoms with van der Waals surface area (Å²) in [5.74, 6) is 3.33. The molecule has 0 atom stereocenters. The van der Waals surface area contributed by atoms with Gasteiger partial charge in [-0.25, -0.2) is 4.99 Å². The van der Waals surface area contributed by atoms with Crippen LogP contribution < -0.4 is 10.1 Å². The number of aromatic nitrogens is 3. The lowest BCUT2D eigenvalue weighted by molar-refractivity contribution is 0.414. The van der Waals surface area contributed by atoms with Gasteiger partial charge >= 0.3 is 0 Å². The van der Waals surface area contributed by atoms with Crippen molar-refractivity contribution in [2.24, 2.45) is 12.0 Å². The van der Waals surface area contributed by atoms with E-state index in [2.05, 4.69) is 32.5 Å². The maximum Gasteiger partial charge on any atom is 0.194 e. The van der Waals surface area contributed by atoms with Crippen LogP contribution in [0.4, 0.5) is 0 Å². The van der Waals surface area contributed by atoms with E-state index in [1.165, 1.54) is 5.56 Å². The summed E-state index contributed by atoms with van der Waals surface area (Å²) in [5.41, 5.74) is 2.27. The van der Waals surface area contributed by atoms with Crippen molar-refractivity contribution in [1.82, 2.24) is 25.0 Å². The number of hydrogen-bond donors (Lipinski definition) is 1. The van der Waals surface area contributed by atoms with E-state index in [0.717, 1.165) is 46.9 Å². The molecule has 1 aromatic heterocycles. The van der Waals surface area contributed by atoms with Gasteiger partial charge in [0.15, 0.2) is 11.8 Å². The SMILES string of the molecule is COc1ccc(CCNC(=NCc2nnc(C)n2C)N(C)Cc2ccccc2Cl)cc1. The van der Waals surface area contributed by atoms with Crippen LogP contribution in [0.5, 0.6) is 5.75 Å². The molecule has 0 amide bonds. The van der Waals surface area contributed by atoms with Crippen molar-refractivity contribution >= 4 is 17.6 Å². The highest BCUT2D eigenvalue weighted by atomic mass is 35.5. The van der Waals surface area contributed by atoms with Crippen LogP contribution in [0.3, 0.4) is 0 Å². The number of ether oxygens (including phenoxy) is 1. The summed E-state index contributed by atoms with van der Waals surface area (Å²) in [6, 6.07) is 16.0. The van der Waals surface area contributed by atoms with Crippen molar-refractivity contribution < 1.29 is 4.74 Å². The third-order valence-corrected chi connectivity index (χ3v) is 5.50. The zero-order valence-corrected chi connectivity index (χ0v) is 19.2. The number of nitrogens with zero attached hydrogens (tertiary/aromatic N) is 5. The average molecular weight is 441 g/mol. The predicted octanol–water partition coefficient (Wildman–Crippen LogP) is 3.61. The molecule has 7 nitrogen and oxygen atoms in total. The van der Waals surface area contributed by atoms with Crippen molar-refractivity contribution in [2.75, 3.05) is 20.7 Å². The highest BCUT2D eigenvalue weighted by Crippen LogP contribution is 2.17. The van der Waals surface area contributed by atoms with Gasteiger partial charge in [0.1, 0.15) is 18.1 Å². The van der Waals surface area contributed by atoms with Crippen LogP contribution in [-0.2, 0) is 26.6 Å². The Bertz CT molecular complexity index is 1020. The third-order valence-electron chi connectivity index (χ3n) is 5.14. The molecule has 31 heavy (non-hydrogen) atoms. The van der Waals surface area contributed by atoms with Crippen LogP contribution in [0.15, 0.2) is 53.5 Å². The van der Waals surface area contributed by atoms with E-state index in [-0.39, 0.29) is 0 Å². The molecule has 0 unspecified atom stereocenters. The molecule has 0 bridgehead atoms. The topological polar surface area (TPSA) is 67.6 Å². The van der Waals surface area contributed by atoms with Crippen molar-refractivity contribution in [2.45, 2.75) is 26.4 Å². The number of nitrogens with one attached hydrogen (secondary N) is 1. The largest absolute Gasteiger partial charge is 0.497 e. The Balaban J connectivity index is 1.70. The van der Waals surface area contributed by atoms with E-state index in [9.17, 15) is 0 Å². The molecule has 164 valence electrons. The molecule has 0 spiro atoms. The van der Waals surface area contributed by atoms with Crippen LogP contribution >= 0.6 is 11.6 Å². The molecule has 0 saturated carbocycles. The molecule has 2 aromatic carbocycles. The van der Waals surface area contributed by atoms with Gasteiger partial charge in [-0.15, -0.1) is 10.2 Å². The van der Waals surface area contributed by atoms with Crippen molar-refractivity contribution in [3.05, 3.63) is 76.3 Å². The zero-order chi connectivity index (χ0) is 22.2. The third kappa shape index (κ3) is 6.21. The number of aryl methyl sites for hydroxylation is 1. The number of halogens is 1. The monoisotopic (exact) mass is 440 g/mol. The number of hydrogen-bond acceptors (Lipinski definition) is 4. The molecule has 1 N–H and O–H groups in total. The maximum absolute atomic E-state index is 6.36. The standard InChI is InChI=1S/C23H29ClN6O/c1-17-27-28-22(30(17)3)15-26-23(29(2)16-19-7-5-6-8-21(19)24)25-14-13-18-9-11-20(31-4)12-10-18/h5-12H,13-16H2,1-4H3,(H,25,26). The van der Waals surface area contributed by atoms with E-state index in [0.29, 0.717) is 13.1 Å². The highest BCUT2D eigenvalue weighted by Gasteiger charge is 2.11. The molecule has 0 aliphatic rings. The minimum absolute atomic E-state index is 0.440. The molecular formula is C23H29ClN6O. The Labute approximate surface area is 188 Å². The second-order valence-electron chi connectivity index (χ2n) is 7.33. The second kappa shape index (κ2) is 10.8. The Morgan fingerprint density at radius 3 is 2.55 bits per heavy atom. The van der Waals surface area contributed by atoms with Crippen molar-refractivity contribution in [3.8, 4) is 5.75 Å². The first kappa shape index (κ1) is 22.6. The summed E-state index contributed by atoms with van der Waals surface area (Å²) in [6.45, 7) is 3.76. The first-order valence-electron chi connectivity index (χ1n) is 10.2. The molecule has 0 aliphatic carbocycles. The van der Waals surface area contributed by atoms with Gasteiger partial charge in [0.05, 0.1) is 7.11 Å². The van der Waals surface area contributed by atoms with Gasteiger partial charge in [-0.05, 0) is 42.7 Å². The normalized spacial score (nSPS) is 11.5. The van der Waals surface area contributed by atoms with Crippen molar-refractivity contribution in [1.29, 1.82) is 0 Å². The lowest BCUT2D eigenvalue weighted by Gasteiger charge is -2.23. The van der Waals surface area contributed by atoms with E-state index in [1.807, 2.05) is 62.0 Å². The van der Waals surface area contributed by atoms with Gasteiger partial charge in [0.25, 0.3) is 0 Å². The molecule has 0 aliphatic heterocycles. The van der Waals surface area contributed by atoms with Gasteiger partial charge in [-0.3, -0.25) is 0 Å². The Hall–Kier alpha value is -3.06. The summed E-state index contributed by atoms with van der Waals surface area (Å²) in [6.07, 6.45) is 0.867. The Morgan fingerprint density at radius 1 is 1.16 bits per heavy atom. The van der Waals surface area contributed by atoms with Crippen LogP contribution in [0, 0.1) is 6.92 Å². The average Bonchev–Trinajstić information content (AvgIpc) is 3.10. The molecule has 0 radical (unpaired) electrons. The molecular weight excluding hydrogens is 412 g/mol. The van der Waals surface area contributed by atoms with Crippen LogP contribution in [0.2, 0.25) is 5.02 Å².